The van der Waals surface area contributed by atoms with E-state index in [4.69, 9.17) is 0 Å². The molecule has 0 nitrogen and oxygen atoms in total. The fourth-order valence-electron chi connectivity index (χ4n) is 2.83. The van der Waals surface area contributed by atoms with E-state index in [-0.39, 0.29) is 0 Å². The SMILES string of the molecule is C1=CCc2ccc3c4c(ccc3c2=C1)C=CC=4. The molecule has 0 fully saturated rings. The Hall–Kier alpha value is -2.08. The van der Waals surface area contributed by atoms with Gasteiger partial charge in [-0.25, -0.2) is 0 Å². The molecule has 0 aromatic heterocycles. The van der Waals surface area contributed by atoms with E-state index in [1.54, 1.807) is 0 Å². The van der Waals surface area contributed by atoms with E-state index in [2.05, 4.69) is 60.7 Å². The van der Waals surface area contributed by atoms with Crippen molar-refractivity contribution in [2.45, 2.75) is 6.42 Å². The standard InChI is InChI=1S/C17H12/c1-2-6-14-12(4-1)8-10-17-15-7-3-5-13(15)9-11-16(14)17/h1-3,5-11H,4H2. The molecule has 0 aliphatic heterocycles. The quantitative estimate of drug-likeness (QED) is 0.635. The third-order valence-electron chi connectivity index (χ3n) is 3.68. The van der Waals surface area contributed by atoms with Crippen molar-refractivity contribution in [3.8, 4) is 0 Å². The zero-order valence-electron chi connectivity index (χ0n) is 9.48. The van der Waals surface area contributed by atoms with Gasteiger partial charge in [-0.2, -0.15) is 0 Å². The molecule has 0 heterocycles. The van der Waals surface area contributed by atoms with Crippen LogP contribution in [0.4, 0.5) is 0 Å². The van der Waals surface area contributed by atoms with E-state index in [1.807, 2.05) is 0 Å². The number of fused-ring (bicyclic) bond motifs is 5. The van der Waals surface area contributed by atoms with Crippen LogP contribution >= 0.6 is 0 Å². The minimum absolute atomic E-state index is 1.06. The highest BCUT2D eigenvalue weighted by atomic mass is 14.1. The minimum Gasteiger partial charge on any atom is -0.0801 e. The molecule has 0 unspecified atom stereocenters. The molecule has 0 radical (unpaired) electrons. The first-order valence-electron chi connectivity index (χ1n) is 6.03. The number of rotatable bonds is 0. The Balaban J connectivity index is 2.27. The molecule has 2 aromatic rings. The molecule has 0 bridgehead atoms. The second-order valence-electron chi connectivity index (χ2n) is 4.63. The lowest BCUT2D eigenvalue weighted by atomic mass is 9.96. The largest absolute Gasteiger partial charge is 0.0801 e. The van der Waals surface area contributed by atoms with Gasteiger partial charge in [0.05, 0.1) is 0 Å². The third kappa shape index (κ3) is 1.18. The number of hydrogen-bond donors (Lipinski definition) is 0. The Kier molecular flexibility index (Phi) is 1.70. The monoisotopic (exact) mass is 216 g/mol. The summed E-state index contributed by atoms with van der Waals surface area (Å²) in [5.41, 5.74) is 2.77. The van der Waals surface area contributed by atoms with Crippen LogP contribution < -0.4 is 10.4 Å². The summed E-state index contributed by atoms with van der Waals surface area (Å²) in [5, 5.41) is 5.52. The van der Waals surface area contributed by atoms with Gasteiger partial charge in [-0.3, -0.25) is 0 Å². The van der Waals surface area contributed by atoms with E-state index in [9.17, 15) is 0 Å². The molecule has 0 saturated carbocycles. The topological polar surface area (TPSA) is 0 Å². The molecule has 0 saturated heterocycles. The van der Waals surface area contributed by atoms with Crippen LogP contribution in [0.25, 0.3) is 29.0 Å². The van der Waals surface area contributed by atoms with Crippen LogP contribution in [-0.2, 0) is 6.42 Å². The fraction of sp³-hybridized carbons (Fsp3) is 0.0588. The Bertz CT molecular complexity index is 802. The maximum absolute atomic E-state index is 2.27. The molecular formula is C17H12. The van der Waals surface area contributed by atoms with Crippen molar-refractivity contribution in [1.29, 1.82) is 0 Å². The zero-order valence-corrected chi connectivity index (χ0v) is 9.48. The lowest BCUT2D eigenvalue weighted by Gasteiger charge is -2.08. The highest BCUT2D eigenvalue weighted by Gasteiger charge is 2.06. The Morgan fingerprint density at radius 1 is 0.765 bits per heavy atom. The van der Waals surface area contributed by atoms with Crippen LogP contribution in [0.1, 0.15) is 11.1 Å². The van der Waals surface area contributed by atoms with Crippen molar-refractivity contribution in [1.82, 2.24) is 0 Å². The van der Waals surface area contributed by atoms with E-state index in [0.717, 1.165) is 6.42 Å². The first-order valence-corrected chi connectivity index (χ1v) is 6.03. The van der Waals surface area contributed by atoms with Gasteiger partial charge in [0.25, 0.3) is 0 Å². The number of hydrogen-bond acceptors (Lipinski definition) is 0. The summed E-state index contributed by atoms with van der Waals surface area (Å²) in [5.74, 6) is 0. The van der Waals surface area contributed by atoms with Gasteiger partial charge < -0.3 is 0 Å². The van der Waals surface area contributed by atoms with Gasteiger partial charge in [-0.05, 0) is 38.8 Å². The van der Waals surface area contributed by atoms with Crippen LogP contribution in [-0.4, -0.2) is 0 Å². The highest BCUT2D eigenvalue weighted by molar-refractivity contribution is 5.90. The van der Waals surface area contributed by atoms with Crippen molar-refractivity contribution in [3.63, 3.8) is 0 Å². The molecule has 17 heavy (non-hydrogen) atoms. The van der Waals surface area contributed by atoms with E-state index in [0.29, 0.717) is 0 Å². The molecule has 4 rings (SSSR count). The van der Waals surface area contributed by atoms with Crippen molar-refractivity contribution in [2.75, 3.05) is 0 Å². The van der Waals surface area contributed by atoms with Gasteiger partial charge in [0.2, 0.25) is 0 Å². The second-order valence-corrected chi connectivity index (χ2v) is 4.63. The first kappa shape index (κ1) is 9.00. The summed E-state index contributed by atoms with van der Waals surface area (Å²) in [6, 6.07) is 9.02. The summed E-state index contributed by atoms with van der Waals surface area (Å²) in [6.07, 6.45) is 14.2. The molecule has 0 heteroatoms. The highest BCUT2D eigenvalue weighted by Crippen LogP contribution is 2.14. The van der Waals surface area contributed by atoms with Gasteiger partial charge >= 0.3 is 0 Å². The summed E-state index contributed by atoms with van der Waals surface area (Å²) >= 11 is 0. The Morgan fingerprint density at radius 2 is 1.59 bits per heavy atom. The van der Waals surface area contributed by atoms with E-state index >= 15 is 0 Å². The Morgan fingerprint density at radius 3 is 2.59 bits per heavy atom. The smallest absolute Gasteiger partial charge is 0.00882 e. The lowest BCUT2D eigenvalue weighted by Crippen LogP contribution is -2.15. The second kappa shape index (κ2) is 3.21. The van der Waals surface area contributed by atoms with E-state index < -0.39 is 0 Å². The molecule has 2 aromatic carbocycles. The molecular weight excluding hydrogens is 204 g/mol. The summed E-state index contributed by atoms with van der Waals surface area (Å²) in [4.78, 5) is 0. The number of benzene rings is 2. The third-order valence-corrected chi connectivity index (χ3v) is 3.68. The molecule has 2 aliphatic carbocycles. The van der Waals surface area contributed by atoms with E-state index in [1.165, 1.54) is 32.3 Å². The van der Waals surface area contributed by atoms with Gasteiger partial charge in [0.15, 0.2) is 0 Å². The first-order chi connectivity index (χ1) is 8.43. The van der Waals surface area contributed by atoms with Gasteiger partial charge in [0.1, 0.15) is 0 Å². The van der Waals surface area contributed by atoms with Crippen LogP contribution in [0.3, 0.4) is 0 Å². The minimum atomic E-state index is 1.06. The molecule has 0 N–H and O–H groups in total. The lowest BCUT2D eigenvalue weighted by molar-refractivity contribution is 1.24. The summed E-state index contributed by atoms with van der Waals surface area (Å²) in [6.45, 7) is 0. The molecule has 0 amide bonds. The van der Waals surface area contributed by atoms with Crippen molar-refractivity contribution in [2.24, 2.45) is 0 Å². The fourth-order valence-corrected chi connectivity index (χ4v) is 2.83. The average molecular weight is 216 g/mol. The van der Waals surface area contributed by atoms with Crippen molar-refractivity contribution < 1.29 is 0 Å². The maximum Gasteiger partial charge on any atom is -0.00882 e. The predicted octanol–water partition coefficient (Wildman–Crippen LogP) is 2.54. The van der Waals surface area contributed by atoms with Gasteiger partial charge in [-0.1, -0.05) is 60.7 Å². The van der Waals surface area contributed by atoms with Crippen LogP contribution in [0, 0.1) is 0 Å². The average Bonchev–Trinajstić information content (AvgIpc) is 2.86. The normalized spacial score (nSPS) is 15.3. The molecule has 2 aliphatic rings. The maximum atomic E-state index is 2.27. The zero-order chi connectivity index (χ0) is 11.2. The molecule has 0 atom stereocenters. The number of allylic oxidation sites excluding steroid dienone is 3. The Labute approximate surface area is 99.9 Å². The van der Waals surface area contributed by atoms with Crippen LogP contribution in [0.15, 0.2) is 42.5 Å². The van der Waals surface area contributed by atoms with Gasteiger partial charge in [-0.15, -0.1) is 0 Å². The van der Waals surface area contributed by atoms with Gasteiger partial charge in [0, 0.05) is 0 Å². The van der Waals surface area contributed by atoms with Crippen LogP contribution in [0.5, 0.6) is 0 Å². The van der Waals surface area contributed by atoms with Crippen molar-refractivity contribution >= 4 is 29.0 Å². The van der Waals surface area contributed by atoms with Crippen LogP contribution in [0.2, 0.25) is 0 Å². The van der Waals surface area contributed by atoms with Crippen molar-refractivity contribution in [3.05, 3.63) is 64.1 Å². The summed E-state index contributed by atoms with van der Waals surface area (Å²) in [7, 11) is 0. The molecule has 0 spiro atoms. The molecule has 80 valence electrons. The predicted molar refractivity (Wildman–Crippen MR) is 74.0 cm³/mol. The summed E-state index contributed by atoms with van der Waals surface area (Å²) < 4.78 is 0.